The number of methoxy groups -OCH3 is 1. The summed E-state index contributed by atoms with van der Waals surface area (Å²) in [6, 6.07) is 7.53. The monoisotopic (exact) mass is 398 g/mol. The number of amides is 1. The molecule has 8 heteroatoms. The first-order valence-electron chi connectivity index (χ1n) is 8.85. The van der Waals surface area contributed by atoms with Crippen LogP contribution in [0, 0.1) is 13.8 Å². The van der Waals surface area contributed by atoms with Gasteiger partial charge in [0.25, 0.3) is 5.91 Å². The first-order chi connectivity index (χ1) is 13.4. The van der Waals surface area contributed by atoms with Gasteiger partial charge < -0.3 is 15.4 Å². The third kappa shape index (κ3) is 3.96. The first kappa shape index (κ1) is 19.8. The van der Waals surface area contributed by atoms with E-state index in [1.165, 1.54) is 18.4 Å². The Morgan fingerprint density at radius 3 is 2.71 bits per heavy atom. The standard InChI is InChI=1S/C20H22N4O3S/c1-11-15-17(23-12(2)24-19(15)28-16(11)20(26)27-4)22-9-8-13-6-5-7-14(10-13)18(25)21-3/h5-7,10H,8-9H2,1-4H3,(H,21,25)(H,22,23,24). The van der Waals surface area contributed by atoms with Gasteiger partial charge in [-0.3, -0.25) is 4.79 Å². The van der Waals surface area contributed by atoms with Crippen LogP contribution in [0.25, 0.3) is 10.2 Å². The number of fused-ring (bicyclic) bond motifs is 1. The second-order valence-electron chi connectivity index (χ2n) is 6.30. The maximum absolute atomic E-state index is 12.0. The zero-order valence-electron chi connectivity index (χ0n) is 16.3. The molecule has 0 fully saturated rings. The van der Waals surface area contributed by atoms with E-state index in [-0.39, 0.29) is 11.9 Å². The number of nitrogens with zero attached hydrogens (tertiary/aromatic N) is 2. The van der Waals surface area contributed by atoms with Gasteiger partial charge in [0.1, 0.15) is 21.3 Å². The fraction of sp³-hybridized carbons (Fsp3) is 0.300. The number of aryl methyl sites for hydroxylation is 2. The number of rotatable bonds is 6. The summed E-state index contributed by atoms with van der Waals surface area (Å²) in [5, 5.41) is 6.83. The predicted octanol–water partition coefficient (Wildman–Crippen LogP) is 3.11. The topological polar surface area (TPSA) is 93.2 Å². The summed E-state index contributed by atoms with van der Waals surface area (Å²) in [5.74, 6) is 0.866. The van der Waals surface area contributed by atoms with Crippen LogP contribution in [0.4, 0.5) is 5.82 Å². The highest BCUT2D eigenvalue weighted by molar-refractivity contribution is 7.20. The summed E-state index contributed by atoms with van der Waals surface area (Å²) >= 11 is 1.31. The molecule has 2 aromatic heterocycles. The lowest BCUT2D eigenvalue weighted by atomic mass is 10.1. The highest BCUT2D eigenvalue weighted by Crippen LogP contribution is 2.34. The Morgan fingerprint density at radius 1 is 1.21 bits per heavy atom. The van der Waals surface area contributed by atoms with Crippen LogP contribution in [0.2, 0.25) is 0 Å². The molecule has 0 aliphatic heterocycles. The minimum Gasteiger partial charge on any atom is -0.465 e. The number of benzene rings is 1. The van der Waals surface area contributed by atoms with Gasteiger partial charge in [-0.05, 0) is 43.5 Å². The number of carbonyl (C=O) groups is 2. The van der Waals surface area contributed by atoms with Crippen LogP contribution in [0.1, 0.15) is 37.0 Å². The fourth-order valence-electron chi connectivity index (χ4n) is 3.00. The van der Waals surface area contributed by atoms with E-state index in [4.69, 9.17) is 4.74 Å². The van der Waals surface area contributed by atoms with E-state index in [1.54, 1.807) is 13.1 Å². The maximum Gasteiger partial charge on any atom is 0.348 e. The van der Waals surface area contributed by atoms with Crippen LogP contribution in [-0.4, -0.2) is 42.5 Å². The van der Waals surface area contributed by atoms with E-state index in [0.29, 0.717) is 28.6 Å². The molecule has 0 atom stereocenters. The summed E-state index contributed by atoms with van der Waals surface area (Å²) in [6.07, 6.45) is 0.725. The minimum atomic E-state index is -0.366. The molecular weight excluding hydrogens is 376 g/mol. The number of anilines is 1. The van der Waals surface area contributed by atoms with Crippen LogP contribution >= 0.6 is 11.3 Å². The molecule has 1 amide bonds. The van der Waals surface area contributed by atoms with Crippen LogP contribution in [-0.2, 0) is 11.2 Å². The highest BCUT2D eigenvalue weighted by Gasteiger charge is 2.20. The SMILES string of the molecule is CNC(=O)c1cccc(CCNc2nc(C)nc3sc(C(=O)OC)c(C)c23)c1. The van der Waals surface area contributed by atoms with E-state index < -0.39 is 0 Å². The van der Waals surface area contributed by atoms with E-state index >= 15 is 0 Å². The number of esters is 1. The third-order valence-electron chi connectivity index (χ3n) is 4.40. The van der Waals surface area contributed by atoms with Crippen LogP contribution in [0.5, 0.6) is 0 Å². The molecule has 146 valence electrons. The van der Waals surface area contributed by atoms with Crippen molar-refractivity contribution in [2.24, 2.45) is 0 Å². The molecule has 0 spiro atoms. The van der Waals surface area contributed by atoms with Crippen molar-refractivity contribution in [2.45, 2.75) is 20.3 Å². The zero-order valence-corrected chi connectivity index (χ0v) is 17.1. The average Bonchev–Trinajstić information content (AvgIpc) is 3.03. The second-order valence-corrected chi connectivity index (χ2v) is 7.30. The molecule has 2 N–H and O–H groups in total. The number of thiophene rings is 1. The number of aromatic nitrogens is 2. The third-order valence-corrected chi connectivity index (χ3v) is 5.56. The molecule has 2 heterocycles. The van der Waals surface area contributed by atoms with Crippen molar-refractivity contribution in [3.63, 3.8) is 0 Å². The van der Waals surface area contributed by atoms with Gasteiger partial charge in [-0.2, -0.15) is 0 Å². The first-order valence-corrected chi connectivity index (χ1v) is 9.67. The van der Waals surface area contributed by atoms with Crippen molar-refractivity contribution in [2.75, 3.05) is 26.0 Å². The van der Waals surface area contributed by atoms with Crippen molar-refractivity contribution in [3.05, 3.63) is 51.7 Å². The molecule has 0 aliphatic rings. The molecule has 3 aromatic rings. The van der Waals surface area contributed by atoms with Gasteiger partial charge in [-0.1, -0.05) is 12.1 Å². The van der Waals surface area contributed by atoms with Gasteiger partial charge in [0.15, 0.2) is 0 Å². The molecule has 0 unspecified atom stereocenters. The molecular formula is C20H22N4O3S. The number of hydrogen-bond donors (Lipinski definition) is 2. The highest BCUT2D eigenvalue weighted by atomic mass is 32.1. The maximum atomic E-state index is 12.0. The Kier molecular flexibility index (Phi) is 5.89. The van der Waals surface area contributed by atoms with Crippen molar-refractivity contribution in [3.8, 4) is 0 Å². The molecule has 0 saturated carbocycles. The molecule has 0 radical (unpaired) electrons. The minimum absolute atomic E-state index is 0.104. The Bertz CT molecular complexity index is 1050. The molecule has 0 aliphatic carbocycles. The predicted molar refractivity (Wildman–Crippen MR) is 110 cm³/mol. The smallest absolute Gasteiger partial charge is 0.348 e. The van der Waals surface area contributed by atoms with Crippen LogP contribution in [0.15, 0.2) is 24.3 Å². The number of carbonyl (C=O) groups excluding carboxylic acids is 2. The summed E-state index contributed by atoms with van der Waals surface area (Å²) in [4.78, 5) is 34.1. The molecule has 7 nitrogen and oxygen atoms in total. The van der Waals surface area contributed by atoms with Gasteiger partial charge in [-0.25, -0.2) is 14.8 Å². The fourth-order valence-corrected chi connectivity index (χ4v) is 4.14. The molecule has 28 heavy (non-hydrogen) atoms. The van der Waals surface area contributed by atoms with Crippen molar-refractivity contribution < 1.29 is 14.3 Å². The van der Waals surface area contributed by atoms with Gasteiger partial charge in [-0.15, -0.1) is 11.3 Å². The van der Waals surface area contributed by atoms with Crippen LogP contribution < -0.4 is 10.6 Å². The lowest BCUT2D eigenvalue weighted by Crippen LogP contribution is -2.18. The normalized spacial score (nSPS) is 10.7. The molecule has 1 aromatic carbocycles. The number of hydrogen-bond acceptors (Lipinski definition) is 7. The van der Waals surface area contributed by atoms with Gasteiger partial charge in [0, 0.05) is 19.2 Å². The summed E-state index contributed by atoms with van der Waals surface area (Å²) in [7, 11) is 2.99. The van der Waals surface area contributed by atoms with Gasteiger partial charge >= 0.3 is 5.97 Å². The van der Waals surface area contributed by atoms with E-state index in [9.17, 15) is 9.59 Å². The van der Waals surface area contributed by atoms with Crippen molar-refractivity contribution >= 4 is 39.2 Å². The lowest BCUT2D eigenvalue weighted by molar-refractivity contribution is 0.0605. The average molecular weight is 398 g/mol. The van der Waals surface area contributed by atoms with E-state index in [1.807, 2.05) is 32.0 Å². The van der Waals surface area contributed by atoms with E-state index in [2.05, 4.69) is 20.6 Å². The number of ether oxygens (including phenoxy) is 1. The number of nitrogens with one attached hydrogen (secondary N) is 2. The van der Waals surface area contributed by atoms with Gasteiger partial charge in [0.2, 0.25) is 0 Å². The zero-order chi connectivity index (χ0) is 20.3. The molecule has 3 rings (SSSR count). The van der Waals surface area contributed by atoms with Crippen LogP contribution in [0.3, 0.4) is 0 Å². The van der Waals surface area contributed by atoms with Gasteiger partial charge in [0.05, 0.1) is 12.5 Å². The second kappa shape index (κ2) is 8.35. The Morgan fingerprint density at radius 2 is 2.00 bits per heavy atom. The largest absolute Gasteiger partial charge is 0.465 e. The summed E-state index contributed by atoms with van der Waals surface area (Å²) in [6.45, 7) is 4.33. The van der Waals surface area contributed by atoms with E-state index in [0.717, 1.165) is 27.8 Å². The molecule has 0 bridgehead atoms. The Hall–Kier alpha value is -3.00. The molecule has 0 saturated heterocycles. The Labute approximate surface area is 167 Å². The summed E-state index contributed by atoms with van der Waals surface area (Å²) < 4.78 is 4.87. The quantitative estimate of drug-likeness (QED) is 0.620. The summed E-state index contributed by atoms with van der Waals surface area (Å²) in [5.41, 5.74) is 2.50. The lowest BCUT2D eigenvalue weighted by Gasteiger charge is -2.09. The van der Waals surface area contributed by atoms with Crippen molar-refractivity contribution in [1.82, 2.24) is 15.3 Å². The van der Waals surface area contributed by atoms with Crippen molar-refractivity contribution in [1.29, 1.82) is 0 Å². The Balaban J connectivity index is 1.82.